The molecule has 0 radical (unpaired) electrons. The second-order valence-electron chi connectivity index (χ2n) is 16.6. The first-order valence-electron chi connectivity index (χ1n) is 22.2. The summed E-state index contributed by atoms with van der Waals surface area (Å²) < 4.78 is 2.33. The van der Waals surface area contributed by atoms with Crippen LogP contribution in [0.2, 0.25) is 0 Å². The van der Waals surface area contributed by atoms with Crippen molar-refractivity contribution < 1.29 is 0 Å². The zero-order valence-corrected chi connectivity index (χ0v) is 36.8. The Balaban J connectivity index is 1.25. The Morgan fingerprint density at radius 3 is 1.25 bits per heavy atom. The SMILES string of the molecule is [C-]#[N+]c1ccc(-c2ccc3c(c2)c2cc(-c4ccc(C#N)cc4)ccc2n3-c2c(-c3ccc(C#N)cc3)cc(-c3cc(-c4ccccc4)nc(-c4ccccc4)n3)cc2-c2ccc([N+]#[C-])cc2)cc1. The standard InChI is InChI=1S/C62H35N7/c1-65-51-27-21-43(22-28-51)49-26-32-60-56(34-49)55-33-48(42-17-13-40(38-63)14-18-42)25-31-59(55)69(60)61-53(44-19-15-41(39-64)16-20-44)35-50(36-54(61)45-23-29-52(66-2)30-24-45)58-37-57(46-9-5-3-6-10-46)67-62(68-58)47-11-7-4-8-12-47/h3-37H. The molecule has 2 aromatic heterocycles. The Morgan fingerprint density at radius 1 is 0.377 bits per heavy atom. The van der Waals surface area contributed by atoms with Gasteiger partial charge in [-0.2, -0.15) is 10.5 Å². The normalized spacial score (nSPS) is 10.8. The fraction of sp³-hybridized carbons (Fsp3) is 0. The molecule has 0 bridgehead atoms. The molecule has 0 aliphatic heterocycles. The second-order valence-corrected chi connectivity index (χ2v) is 16.6. The highest BCUT2D eigenvalue weighted by atomic mass is 15.0. The van der Waals surface area contributed by atoms with Gasteiger partial charge in [0.15, 0.2) is 17.2 Å². The largest absolute Gasteiger partial charge is 0.308 e. The van der Waals surface area contributed by atoms with Crippen LogP contribution in [-0.4, -0.2) is 14.5 Å². The monoisotopic (exact) mass is 877 g/mol. The number of nitriles is 2. The molecule has 2 heterocycles. The van der Waals surface area contributed by atoms with Gasteiger partial charge in [-0.05, 0) is 100 Å². The first kappa shape index (κ1) is 41.5. The van der Waals surface area contributed by atoms with Gasteiger partial charge in [-0.15, -0.1) is 0 Å². The van der Waals surface area contributed by atoms with Crippen molar-refractivity contribution in [3.05, 3.63) is 246 Å². The third-order valence-corrected chi connectivity index (χ3v) is 12.5. The summed E-state index contributed by atoms with van der Waals surface area (Å²) in [5.41, 5.74) is 16.9. The maximum absolute atomic E-state index is 9.95. The van der Waals surface area contributed by atoms with Crippen molar-refractivity contribution in [2.24, 2.45) is 0 Å². The van der Waals surface area contributed by atoms with Gasteiger partial charge in [0.1, 0.15) is 0 Å². The molecule has 0 aliphatic rings. The lowest BCUT2D eigenvalue weighted by Gasteiger charge is -2.21. The molecule has 0 unspecified atom stereocenters. The molecule has 0 fully saturated rings. The van der Waals surface area contributed by atoms with Gasteiger partial charge in [-0.25, -0.2) is 19.7 Å². The lowest BCUT2D eigenvalue weighted by atomic mass is 9.91. The average Bonchev–Trinajstić information content (AvgIpc) is 3.75. The Morgan fingerprint density at radius 2 is 0.783 bits per heavy atom. The van der Waals surface area contributed by atoms with Gasteiger partial charge in [0.25, 0.3) is 0 Å². The topological polar surface area (TPSA) is 87.0 Å². The Bertz CT molecular complexity index is 3690. The molecule has 0 saturated heterocycles. The van der Waals surface area contributed by atoms with E-state index in [1.807, 2.05) is 152 Å². The summed E-state index contributed by atoms with van der Waals surface area (Å²) in [5, 5.41) is 21.6. The Hall–Kier alpha value is -10.2. The molecule has 69 heavy (non-hydrogen) atoms. The third-order valence-electron chi connectivity index (χ3n) is 12.5. The van der Waals surface area contributed by atoms with Crippen molar-refractivity contribution in [3.63, 3.8) is 0 Å². The summed E-state index contributed by atoms with van der Waals surface area (Å²) in [7, 11) is 0. The minimum absolute atomic E-state index is 0.531. The number of aromatic nitrogens is 3. The third kappa shape index (κ3) is 7.82. The van der Waals surface area contributed by atoms with Gasteiger partial charge in [-0.3, -0.25) is 0 Å². The summed E-state index contributed by atoms with van der Waals surface area (Å²) in [6, 6.07) is 74.9. The molecular formula is C62H35N7. The Labute approximate surface area is 399 Å². The van der Waals surface area contributed by atoms with Gasteiger partial charge >= 0.3 is 0 Å². The molecule has 0 amide bonds. The van der Waals surface area contributed by atoms with E-state index in [0.29, 0.717) is 28.3 Å². The van der Waals surface area contributed by atoms with Crippen molar-refractivity contribution in [1.82, 2.24) is 14.5 Å². The van der Waals surface area contributed by atoms with Crippen LogP contribution in [0.4, 0.5) is 11.4 Å². The van der Waals surface area contributed by atoms with E-state index in [9.17, 15) is 10.5 Å². The molecule has 7 heteroatoms. The minimum Gasteiger partial charge on any atom is -0.308 e. The fourth-order valence-corrected chi connectivity index (χ4v) is 9.06. The average molecular weight is 878 g/mol. The van der Waals surface area contributed by atoms with Crippen LogP contribution < -0.4 is 0 Å². The van der Waals surface area contributed by atoms with E-state index < -0.39 is 0 Å². The van der Waals surface area contributed by atoms with E-state index in [2.05, 4.69) is 87.1 Å². The predicted octanol–water partition coefficient (Wildman–Crippen LogP) is 16.1. The van der Waals surface area contributed by atoms with Crippen LogP contribution in [0.1, 0.15) is 11.1 Å². The highest BCUT2D eigenvalue weighted by molar-refractivity contribution is 6.13. The second kappa shape index (κ2) is 17.7. The molecule has 0 spiro atoms. The highest BCUT2D eigenvalue weighted by Crippen LogP contribution is 2.46. The van der Waals surface area contributed by atoms with Crippen molar-refractivity contribution in [1.29, 1.82) is 10.5 Å². The van der Waals surface area contributed by atoms with Crippen molar-refractivity contribution >= 4 is 33.2 Å². The van der Waals surface area contributed by atoms with E-state index in [4.69, 9.17) is 23.1 Å². The number of fused-ring (bicyclic) bond motifs is 3. The molecule has 0 aliphatic carbocycles. The number of nitrogens with zero attached hydrogens (tertiary/aromatic N) is 7. The fourth-order valence-electron chi connectivity index (χ4n) is 9.06. The minimum atomic E-state index is 0.531. The lowest BCUT2D eigenvalue weighted by molar-refractivity contribution is 1.17. The van der Waals surface area contributed by atoms with Crippen LogP contribution in [-0.2, 0) is 0 Å². The van der Waals surface area contributed by atoms with E-state index >= 15 is 0 Å². The molecule has 7 nitrogen and oxygen atoms in total. The molecule has 11 aromatic rings. The lowest BCUT2D eigenvalue weighted by Crippen LogP contribution is -2.03. The van der Waals surface area contributed by atoms with Crippen LogP contribution in [0.15, 0.2) is 212 Å². The van der Waals surface area contributed by atoms with E-state index in [1.165, 1.54) is 0 Å². The summed E-state index contributed by atoms with van der Waals surface area (Å²) >= 11 is 0. The molecule has 318 valence electrons. The van der Waals surface area contributed by atoms with Gasteiger partial charge < -0.3 is 4.57 Å². The predicted molar refractivity (Wildman–Crippen MR) is 276 cm³/mol. The van der Waals surface area contributed by atoms with Gasteiger partial charge in [0, 0.05) is 38.6 Å². The number of rotatable bonds is 8. The molecule has 9 aromatic carbocycles. The smallest absolute Gasteiger partial charge is 0.187 e. The maximum atomic E-state index is 9.95. The van der Waals surface area contributed by atoms with Crippen molar-refractivity contribution in [2.75, 3.05) is 0 Å². The molecule has 0 N–H and O–H groups in total. The first-order valence-corrected chi connectivity index (χ1v) is 22.2. The molecule has 11 rings (SSSR count). The molecule has 0 saturated carbocycles. The van der Waals surface area contributed by atoms with Crippen molar-refractivity contribution in [2.45, 2.75) is 0 Å². The number of hydrogen-bond donors (Lipinski definition) is 0. The Kier molecular flexibility index (Phi) is 10.6. The van der Waals surface area contributed by atoms with Gasteiger partial charge in [0.05, 0.1) is 64.5 Å². The zero-order valence-electron chi connectivity index (χ0n) is 36.8. The summed E-state index contributed by atoms with van der Waals surface area (Å²) in [6.45, 7) is 15.4. The summed E-state index contributed by atoms with van der Waals surface area (Å²) in [4.78, 5) is 17.7. The van der Waals surface area contributed by atoms with E-state index in [1.54, 1.807) is 0 Å². The van der Waals surface area contributed by atoms with Gasteiger partial charge in [-0.1, -0.05) is 146 Å². The summed E-state index contributed by atoms with van der Waals surface area (Å²) in [5.74, 6) is 0.596. The maximum Gasteiger partial charge on any atom is 0.187 e. The van der Waals surface area contributed by atoms with Crippen LogP contribution in [0.25, 0.3) is 116 Å². The van der Waals surface area contributed by atoms with Crippen molar-refractivity contribution in [3.8, 4) is 96.2 Å². The quantitative estimate of drug-likeness (QED) is 0.142. The van der Waals surface area contributed by atoms with E-state index in [0.717, 1.165) is 100 Å². The van der Waals surface area contributed by atoms with Gasteiger partial charge in [0.2, 0.25) is 0 Å². The summed E-state index contributed by atoms with van der Waals surface area (Å²) in [6.07, 6.45) is 0. The number of hydrogen-bond acceptors (Lipinski definition) is 4. The zero-order chi connectivity index (χ0) is 46.8. The van der Waals surface area contributed by atoms with Crippen LogP contribution >= 0.6 is 0 Å². The van der Waals surface area contributed by atoms with Crippen LogP contribution in [0.3, 0.4) is 0 Å². The number of benzene rings is 9. The van der Waals surface area contributed by atoms with E-state index in [-0.39, 0.29) is 0 Å². The first-order chi connectivity index (χ1) is 34.0. The van der Waals surface area contributed by atoms with Crippen LogP contribution in [0.5, 0.6) is 0 Å². The molecular weight excluding hydrogens is 843 g/mol. The van der Waals surface area contributed by atoms with Crippen LogP contribution in [0, 0.1) is 35.8 Å². The molecule has 0 atom stereocenters. The highest BCUT2D eigenvalue weighted by Gasteiger charge is 2.24.